The van der Waals surface area contributed by atoms with E-state index in [-0.39, 0.29) is 5.06 Å². The number of aromatic nitrogens is 1. The summed E-state index contributed by atoms with van der Waals surface area (Å²) in [6.07, 6.45) is -12.2. The molecule has 10 heteroatoms. The topological polar surface area (TPSA) is 55.1 Å². The highest BCUT2D eigenvalue weighted by Gasteiger charge is 2.46. The second-order valence-electron chi connectivity index (χ2n) is 4.21. The van der Waals surface area contributed by atoms with Gasteiger partial charge >= 0.3 is 12.3 Å². The first-order valence-electron chi connectivity index (χ1n) is 5.96. The molecular formula is C13H7F5N2O2S. The van der Waals surface area contributed by atoms with Crippen LogP contribution in [0.2, 0.25) is 0 Å². The Hall–Kier alpha value is -2.41. The molecule has 0 N–H and O–H groups in total. The van der Waals surface area contributed by atoms with Gasteiger partial charge in [-0.15, -0.1) is 0 Å². The maximum atomic E-state index is 13.2. The summed E-state index contributed by atoms with van der Waals surface area (Å²) in [6.45, 7) is 0. The molecule has 0 bridgehead atoms. The number of para-hydroxylation sites is 1. The van der Waals surface area contributed by atoms with Crippen LogP contribution in [0, 0.1) is 11.3 Å². The highest BCUT2D eigenvalue weighted by atomic mass is 32.1. The van der Waals surface area contributed by atoms with Crippen LogP contribution in [0.25, 0.3) is 0 Å². The molecule has 2 rings (SSSR count). The Morgan fingerprint density at radius 3 is 2.35 bits per heavy atom. The van der Waals surface area contributed by atoms with Crippen LogP contribution in [0.1, 0.15) is 12.0 Å². The molecule has 0 saturated carbocycles. The molecule has 0 saturated heterocycles. The first kappa shape index (κ1) is 17.0. The van der Waals surface area contributed by atoms with Gasteiger partial charge < -0.3 is 9.47 Å². The number of ether oxygens (including phenoxy) is 2. The lowest BCUT2D eigenvalue weighted by atomic mass is 10.3. The smallest absolute Gasteiger partial charge is 0.407 e. The van der Waals surface area contributed by atoms with Gasteiger partial charge in [-0.25, -0.2) is 0 Å². The SMILES string of the molecule is N#Cc1c(OC(F)(F)CC(F)(F)F)nsc1Oc1ccccc1. The highest BCUT2D eigenvalue weighted by Crippen LogP contribution is 2.39. The van der Waals surface area contributed by atoms with Gasteiger partial charge in [0.15, 0.2) is 5.56 Å². The van der Waals surface area contributed by atoms with Crippen molar-refractivity contribution in [3.63, 3.8) is 0 Å². The maximum Gasteiger partial charge on any atom is 0.407 e. The Labute approximate surface area is 130 Å². The molecule has 0 radical (unpaired) electrons. The molecule has 0 amide bonds. The predicted octanol–water partition coefficient (Wildman–Crippen LogP) is 4.73. The molecule has 0 spiro atoms. The molecule has 0 aliphatic carbocycles. The van der Waals surface area contributed by atoms with Crippen LogP contribution in [0.4, 0.5) is 22.0 Å². The van der Waals surface area contributed by atoms with Crippen molar-refractivity contribution in [2.45, 2.75) is 18.7 Å². The Morgan fingerprint density at radius 1 is 1.13 bits per heavy atom. The van der Waals surface area contributed by atoms with E-state index in [0.717, 1.165) is 0 Å². The van der Waals surface area contributed by atoms with Gasteiger partial charge in [0.25, 0.3) is 5.88 Å². The second-order valence-corrected chi connectivity index (χ2v) is 4.94. The molecule has 1 aromatic carbocycles. The molecule has 122 valence electrons. The normalized spacial score (nSPS) is 11.8. The summed E-state index contributed by atoms with van der Waals surface area (Å²) in [5.41, 5.74) is -0.499. The monoisotopic (exact) mass is 350 g/mol. The molecule has 2 aromatic rings. The summed E-state index contributed by atoms with van der Waals surface area (Å²) in [7, 11) is 0. The van der Waals surface area contributed by atoms with E-state index in [1.165, 1.54) is 6.07 Å². The van der Waals surface area contributed by atoms with E-state index in [0.29, 0.717) is 17.3 Å². The summed E-state index contributed by atoms with van der Waals surface area (Å²) in [6, 6.07) is 9.59. The Bertz CT molecular complexity index is 709. The lowest BCUT2D eigenvalue weighted by molar-refractivity contribution is -0.255. The minimum Gasteiger partial charge on any atom is -0.444 e. The average Bonchev–Trinajstić information content (AvgIpc) is 2.78. The maximum absolute atomic E-state index is 13.2. The van der Waals surface area contributed by atoms with E-state index in [9.17, 15) is 22.0 Å². The fourth-order valence-electron chi connectivity index (χ4n) is 1.50. The minimum absolute atomic E-state index is 0.156. The Kier molecular flexibility index (Phi) is 4.70. The third-order valence-corrected chi connectivity index (χ3v) is 3.06. The molecule has 23 heavy (non-hydrogen) atoms. The largest absolute Gasteiger partial charge is 0.444 e. The molecular weight excluding hydrogens is 343 g/mol. The summed E-state index contributed by atoms with van der Waals surface area (Å²) >= 11 is 0.520. The van der Waals surface area contributed by atoms with Crippen LogP contribution in [0.15, 0.2) is 30.3 Å². The van der Waals surface area contributed by atoms with E-state index < -0.39 is 30.1 Å². The molecule has 0 aliphatic heterocycles. The fourth-order valence-corrected chi connectivity index (χ4v) is 2.15. The molecule has 0 fully saturated rings. The molecule has 0 atom stereocenters. The van der Waals surface area contributed by atoms with Crippen molar-refractivity contribution in [2.75, 3.05) is 0 Å². The van der Waals surface area contributed by atoms with Crippen LogP contribution < -0.4 is 9.47 Å². The summed E-state index contributed by atoms with van der Waals surface area (Å²) < 4.78 is 75.3. The van der Waals surface area contributed by atoms with Crippen molar-refractivity contribution in [1.82, 2.24) is 4.37 Å². The van der Waals surface area contributed by atoms with Gasteiger partial charge in [-0.05, 0) is 12.1 Å². The zero-order chi connectivity index (χ0) is 17.1. The van der Waals surface area contributed by atoms with E-state index in [2.05, 4.69) is 9.11 Å². The van der Waals surface area contributed by atoms with Crippen molar-refractivity contribution in [3.05, 3.63) is 35.9 Å². The average molecular weight is 350 g/mol. The van der Waals surface area contributed by atoms with Crippen LogP contribution in [-0.4, -0.2) is 16.7 Å². The summed E-state index contributed by atoms with van der Waals surface area (Å²) in [5.74, 6) is -0.598. The summed E-state index contributed by atoms with van der Waals surface area (Å²) in [4.78, 5) is 0. The van der Waals surface area contributed by atoms with Gasteiger partial charge in [-0.2, -0.15) is 31.6 Å². The summed E-state index contributed by atoms with van der Waals surface area (Å²) in [5, 5.41) is 8.83. The van der Waals surface area contributed by atoms with Gasteiger partial charge in [-0.3, -0.25) is 0 Å². The third-order valence-electron chi connectivity index (χ3n) is 2.35. The van der Waals surface area contributed by atoms with E-state index in [1.54, 1.807) is 30.3 Å². The van der Waals surface area contributed by atoms with E-state index >= 15 is 0 Å². The van der Waals surface area contributed by atoms with Crippen molar-refractivity contribution >= 4 is 11.5 Å². The molecule has 1 heterocycles. The van der Waals surface area contributed by atoms with E-state index in [4.69, 9.17) is 10.00 Å². The van der Waals surface area contributed by atoms with Gasteiger partial charge in [-0.1, -0.05) is 18.2 Å². The molecule has 4 nitrogen and oxygen atoms in total. The van der Waals surface area contributed by atoms with Crippen molar-refractivity contribution in [3.8, 4) is 22.8 Å². The number of benzene rings is 1. The third kappa shape index (κ3) is 4.79. The lowest BCUT2D eigenvalue weighted by Gasteiger charge is -2.17. The minimum atomic E-state index is -5.13. The molecule has 0 unspecified atom stereocenters. The quantitative estimate of drug-likeness (QED) is 0.732. The van der Waals surface area contributed by atoms with Crippen molar-refractivity contribution in [1.29, 1.82) is 5.26 Å². The number of rotatable bonds is 5. The zero-order valence-corrected chi connectivity index (χ0v) is 11.9. The molecule has 0 aliphatic rings. The zero-order valence-electron chi connectivity index (χ0n) is 11.1. The van der Waals surface area contributed by atoms with Crippen LogP contribution in [-0.2, 0) is 0 Å². The first-order valence-corrected chi connectivity index (χ1v) is 6.74. The van der Waals surface area contributed by atoms with Gasteiger partial charge in [0.2, 0.25) is 5.06 Å². The number of nitrogens with zero attached hydrogens (tertiary/aromatic N) is 2. The second kappa shape index (κ2) is 6.37. The van der Waals surface area contributed by atoms with Crippen LogP contribution in [0.3, 0.4) is 0 Å². The highest BCUT2D eigenvalue weighted by molar-refractivity contribution is 7.08. The van der Waals surface area contributed by atoms with Crippen molar-refractivity contribution in [2.24, 2.45) is 0 Å². The number of alkyl halides is 5. The van der Waals surface area contributed by atoms with Crippen LogP contribution >= 0.6 is 11.5 Å². The molecule has 1 aromatic heterocycles. The van der Waals surface area contributed by atoms with Gasteiger partial charge in [0.05, 0.1) is 0 Å². The van der Waals surface area contributed by atoms with Gasteiger partial charge in [0.1, 0.15) is 18.2 Å². The fraction of sp³-hybridized carbons (Fsp3) is 0.231. The number of hydrogen-bond donors (Lipinski definition) is 0. The number of halogens is 5. The van der Waals surface area contributed by atoms with Crippen LogP contribution in [0.5, 0.6) is 16.7 Å². The van der Waals surface area contributed by atoms with Crippen molar-refractivity contribution < 1.29 is 31.4 Å². The first-order chi connectivity index (χ1) is 10.7. The lowest BCUT2D eigenvalue weighted by Crippen LogP contribution is -2.31. The number of hydrogen-bond acceptors (Lipinski definition) is 5. The Morgan fingerprint density at radius 2 is 1.78 bits per heavy atom. The van der Waals surface area contributed by atoms with Gasteiger partial charge in [0, 0.05) is 11.5 Å². The Balaban J connectivity index is 2.20. The van der Waals surface area contributed by atoms with E-state index in [1.807, 2.05) is 0 Å². The number of nitriles is 1. The predicted molar refractivity (Wildman–Crippen MR) is 69.6 cm³/mol. The standard InChI is InChI=1S/C13H7F5N2O2S/c14-12(15,16)7-13(17,18)22-10-9(6-19)11(23-20-10)21-8-4-2-1-3-5-8/h1-5H,7H2.